The zero-order chi connectivity index (χ0) is 16.4. The van der Waals surface area contributed by atoms with Crippen molar-refractivity contribution < 1.29 is 19.4 Å². The fourth-order valence-electron chi connectivity index (χ4n) is 2.70. The van der Waals surface area contributed by atoms with E-state index in [0.29, 0.717) is 17.8 Å². The number of ether oxygens (including phenoxy) is 2. The Morgan fingerprint density at radius 3 is 2.30 bits per heavy atom. The Hall–Kier alpha value is -2.59. The van der Waals surface area contributed by atoms with Crippen molar-refractivity contribution in [2.24, 2.45) is 0 Å². The number of carbonyl (C=O) groups excluding carboxylic acids is 1. The van der Waals surface area contributed by atoms with Crippen molar-refractivity contribution in [1.82, 2.24) is 0 Å². The van der Waals surface area contributed by atoms with Crippen LogP contribution in [0, 0.1) is 0 Å². The molecule has 0 aliphatic carbocycles. The summed E-state index contributed by atoms with van der Waals surface area (Å²) in [4.78, 5) is 11.6. The summed E-state index contributed by atoms with van der Waals surface area (Å²) in [6.07, 6.45) is 0. The van der Waals surface area contributed by atoms with Crippen LogP contribution in [0.2, 0.25) is 0 Å². The Kier molecular flexibility index (Phi) is 3.92. The first-order chi connectivity index (χ1) is 11.0. The Balaban J connectivity index is 1.76. The van der Waals surface area contributed by atoms with E-state index in [9.17, 15) is 9.90 Å². The summed E-state index contributed by atoms with van der Waals surface area (Å²) in [5, 5.41) is 10.2. The first kappa shape index (κ1) is 15.3. The van der Waals surface area contributed by atoms with Crippen molar-refractivity contribution in [3.8, 4) is 5.75 Å². The van der Waals surface area contributed by atoms with Gasteiger partial charge in [-0.2, -0.15) is 0 Å². The molecule has 2 aromatic rings. The lowest BCUT2D eigenvalue weighted by molar-refractivity contribution is -0.170. The summed E-state index contributed by atoms with van der Waals surface area (Å²) in [5.74, 6) is -1.36. The molecule has 0 spiro atoms. The summed E-state index contributed by atoms with van der Waals surface area (Å²) in [5.41, 5.74) is 2.75. The van der Waals surface area contributed by atoms with E-state index in [4.69, 9.17) is 9.47 Å². The molecule has 0 saturated carbocycles. The molecular formula is C19H18O4. The summed E-state index contributed by atoms with van der Waals surface area (Å²) < 4.78 is 10.7. The fraction of sp³-hybridized carbons (Fsp3) is 0.211. The highest BCUT2D eigenvalue weighted by molar-refractivity contribution is 6.03. The Morgan fingerprint density at radius 2 is 1.74 bits per heavy atom. The molecule has 0 fully saturated rings. The maximum Gasteiger partial charge on any atom is 0.337 e. The molecule has 0 bridgehead atoms. The van der Waals surface area contributed by atoms with E-state index in [1.165, 1.54) is 6.92 Å². The highest BCUT2D eigenvalue weighted by Gasteiger charge is 2.41. The van der Waals surface area contributed by atoms with Gasteiger partial charge in [0.05, 0.1) is 0 Å². The molecule has 0 amide bonds. The Morgan fingerprint density at radius 1 is 1.09 bits per heavy atom. The molecule has 0 saturated heterocycles. The number of aliphatic hydroxyl groups is 1. The molecule has 1 aliphatic rings. The first-order valence-electron chi connectivity index (χ1n) is 7.41. The molecule has 1 aliphatic heterocycles. The van der Waals surface area contributed by atoms with E-state index < -0.39 is 11.8 Å². The monoisotopic (exact) mass is 310 g/mol. The number of cyclic esters (lactones) is 1. The maximum atomic E-state index is 11.6. The zero-order valence-corrected chi connectivity index (χ0v) is 13.1. The van der Waals surface area contributed by atoms with Gasteiger partial charge < -0.3 is 14.6 Å². The van der Waals surface area contributed by atoms with Gasteiger partial charge in [0, 0.05) is 18.1 Å². The zero-order valence-electron chi connectivity index (χ0n) is 13.1. The predicted molar refractivity (Wildman–Crippen MR) is 86.5 cm³/mol. The number of benzene rings is 2. The summed E-state index contributed by atoms with van der Waals surface area (Å²) >= 11 is 0. The van der Waals surface area contributed by atoms with Crippen molar-refractivity contribution in [2.75, 3.05) is 0 Å². The fourth-order valence-corrected chi connectivity index (χ4v) is 2.70. The standard InChI is InChI=1S/C19H18O4/c1-13-17(19(2,21)23-18(13)20)15-8-10-16(11-9-15)22-12-14-6-4-3-5-7-14/h3-11,21H,12H2,1-2H3/t19-/m1/s1. The van der Waals surface area contributed by atoms with E-state index in [2.05, 4.69) is 0 Å². The number of carbonyl (C=O) groups is 1. The molecule has 4 nitrogen and oxygen atoms in total. The van der Waals surface area contributed by atoms with Crippen molar-refractivity contribution in [3.05, 3.63) is 71.3 Å². The van der Waals surface area contributed by atoms with Gasteiger partial charge in [0.1, 0.15) is 12.4 Å². The van der Waals surface area contributed by atoms with Gasteiger partial charge in [0.15, 0.2) is 0 Å². The largest absolute Gasteiger partial charge is 0.489 e. The van der Waals surface area contributed by atoms with Crippen LogP contribution in [0.5, 0.6) is 5.75 Å². The van der Waals surface area contributed by atoms with Gasteiger partial charge in [-0.15, -0.1) is 0 Å². The molecule has 23 heavy (non-hydrogen) atoms. The normalized spacial score (nSPS) is 20.6. The van der Waals surface area contributed by atoms with Gasteiger partial charge in [-0.3, -0.25) is 0 Å². The second-order valence-corrected chi connectivity index (χ2v) is 5.67. The topological polar surface area (TPSA) is 55.8 Å². The van der Waals surface area contributed by atoms with E-state index in [1.54, 1.807) is 6.92 Å². The van der Waals surface area contributed by atoms with Crippen molar-refractivity contribution >= 4 is 11.5 Å². The Bertz CT molecular complexity index is 743. The van der Waals surface area contributed by atoms with E-state index >= 15 is 0 Å². The van der Waals surface area contributed by atoms with Gasteiger partial charge in [-0.25, -0.2) is 4.79 Å². The number of hydrogen-bond donors (Lipinski definition) is 1. The van der Waals surface area contributed by atoms with Crippen LogP contribution in [0.25, 0.3) is 5.57 Å². The molecule has 118 valence electrons. The lowest BCUT2D eigenvalue weighted by Gasteiger charge is -2.20. The van der Waals surface area contributed by atoms with Crippen LogP contribution in [-0.2, 0) is 16.1 Å². The van der Waals surface area contributed by atoms with E-state index in [0.717, 1.165) is 16.9 Å². The number of esters is 1. The average molecular weight is 310 g/mol. The maximum absolute atomic E-state index is 11.6. The predicted octanol–water partition coefficient (Wildman–Crippen LogP) is 3.30. The third kappa shape index (κ3) is 3.12. The molecule has 4 heteroatoms. The third-order valence-corrected chi connectivity index (χ3v) is 3.83. The summed E-state index contributed by atoms with van der Waals surface area (Å²) in [6.45, 7) is 3.61. The summed E-state index contributed by atoms with van der Waals surface area (Å²) in [7, 11) is 0. The van der Waals surface area contributed by atoms with E-state index in [-0.39, 0.29) is 0 Å². The lowest BCUT2D eigenvalue weighted by Crippen LogP contribution is -2.26. The molecule has 3 rings (SSSR count). The van der Waals surface area contributed by atoms with Crippen molar-refractivity contribution in [3.63, 3.8) is 0 Å². The molecule has 1 N–H and O–H groups in total. The van der Waals surface area contributed by atoms with Crippen LogP contribution in [0.1, 0.15) is 25.0 Å². The van der Waals surface area contributed by atoms with Crippen molar-refractivity contribution in [1.29, 1.82) is 0 Å². The Labute approximate surface area is 135 Å². The quantitative estimate of drug-likeness (QED) is 0.880. The average Bonchev–Trinajstić information content (AvgIpc) is 2.75. The van der Waals surface area contributed by atoms with Crippen LogP contribution in [0.15, 0.2) is 60.2 Å². The second-order valence-electron chi connectivity index (χ2n) is 5.67. The van der Waals surface area contributed by atoms with Gasteiger partial charge in [0.25, 0.3) is 0 Å². The number of hydrogen-bond acceptors (Lipinski definition) is 4. The molecular weight excluding hydrogens is 292 g/mol. The molecule has 0 aromatic heterocycles. The molecule has 1 atom stereocenters. The molecule has 2 aromatic carbocycles. The minimum absolute atomic E-state index is 0.424. The van der Waals surface area contributed by atoms with Gasteiger partial charge in [0.2, 0.25) is 5.79 Å². The number of rotatable bonds is 4. The van der Waals surface area contributed by atoms with Crippen LogP contribution in [-0.4, -0.2) is 16.9 Å². The van der Waals surface area contributed by atoms with Crippen LogP contribution < -0.4 is 4.74 Å². The van der Waals surface area contributed by atoms with Crippen LogP contribution in [0.3, 0.4) is 0 Å². The molecule has 1 heterocycles. The van der Waals surface area contributed by atoms with Gasteiger partial charge >= 0.3 is 5.97 Å². The van der Waals surface area contributed by atoms with Crippen LogP contribution in [0.4, 0.5) is 0 Å². The SMILES string of the molecule is CC1=C(c2ccc(OCc3ccccc3)cc2)[C@](C)(O)OC1=O. The third-order valence-electron chi connectivity index (χ3n) is 3.83. The second kappa shape index (κ2) is 5.89. The lowest BCUT2D eigenvalue weighted by atomic mass is 9.96. The highest BCUT2D eigenvalue weighted by atomic mass is 16.7. The van der Waals surface area contributed by atoms with Crippen LogP contribution >= 0.6 is 0 Å². The van der Waals surface area contributed by atoms with Gasteiger partial charge in [-0.1, -0.05) is 42.5 Å². The highest BCUT2D eigenvalue weighted by Crippen LogP contribution is 2.38. The first-order valence-corrected chi connectivity index (χ1v) is 7.41. The minimum atomic E-state index is -1.59. The van der Waals surface area contributed by atoms with E-state index in [1.807, 2.05) is 54.6 Å². The molecule has 0 unspecified atom stereocenters. The summed E-state index contributed by atoms with van der Waals surface area (Å²) in [6, 6.07) is 17.2. The minimum Gasteiger partial charge on any atom is -0.489 e. The van der Waals surface area contributed by atoms with Gasteiger partial charge in [-0.05, 0) is 30.2 Å². The smallest absolute Gasteiger partial charge is 0.337 e. The van der Waals surface area contributed by atoms with Crippen molar-refractivity contribution in [2.45, 2.75) is 26.2 Å². The molecule has 0 radical (unpaired) electrons.